The van der Waals surface area contributed by atoms with Crippen LogP contribution in [0.5, 0.6) is 0 Å². The molecule has 0 bridgehead atoms. The lowest BCUT2D eigenvalue weighted by Crippen LogP contribution is -2.51. The highest BCUT2D eigenvalue weighted by atomic mass is 35.5. The van der Waals surface area contributed by atoms with Crippen LogP contribution >= 0.6 is 23.4 Å². The summed E-state index contributed by atoms with van der Waals surface area (Å²) in [6.45, 7) is 5.26. The molecule has 1 aliphatic carbocycles. The lowest BCUT2D eigenvalue weighted by molar-refractivity contribution is -0.136. The Kier molecular flexibility index (Phi) is 7.23. The number of carbonyl (C=O) groups excluding carboxylic acids is 2. The molecular formula is C26H31ClN4O3S. The predicted octanol–water partition coefficient (Wildman–Crippen LogP) is 4.56. The average molecular weight is 515 g/mol. The van der Waals surface area contributed by atoms with E-state index in [4.69, 9.17) is 16.3 Å². The molecular weight excluding hydrogens is 484 g/mol. The first-order valence-corrected chi connectivity index (χ1v) is 13.5. The van der Waals surface area contributed by atoms with E-state index in [0.29, 0.717) is 22.3 Å². The zero-order valence-electron chi connectivity index (χ0n) is 20.2. The number of piperazine rings is 1. The molecule has 0 radical (unpaired) electrons. The van der Waals surface area contributed by atoms with Crippen LogP contribution in [-0.2, 0) is 14.3 Å². The Balaban J connectivity index is 1.34. The molecule has 3 heterocycles. The monoisotopic (exact) mass is 514 g/mol. The Bertz CT molecular complexity index is 1090. The van der Waals surface area contributed by atoms with Crippen molar-refractivity contribution in [3.05, 3.63) is 57.2 Å². The van der Waals surface area contributed by atoms with Crippen LogP contribution in [0.25, 0.3) is 0 Å². The Morgan fingerprint density at radius 3 is 2.46 bits per heavy atom. The number of rotatable bonds is 5. The number of methoxy groups -OCH3 is 1. The number of hydrogen-bond acceptors (Lipinski definition) is 7. The maximum absolute atomic E-state index is 13.3. The van der Waals surface area contributed by atoms with Crippen LogP contribution < -0.4 is 0 Å². The standard InChI is InChI=1S/C26H31ClN4O3S/c1-17-23(25(33)34-2)24(18-7-9-19(27)10-8-18)31-21(16-35-26(31)28-17)15-22(32)30-13-11-29(12-14-30)20-5-3-4-6-20/h7-10,16,20,24H,3-6,11-15H2,1-2H3/t24-/m0/s1. The van der Waals surface area contributed by atoms with Gasteiger partial charge in [-0.15, -0.1) is 0 Å². The van der Waals surface area contributed by atoms with Crippen LogP contribution in [0, 0.1) is 0 Å². The summed E-state index contributed by atoms with van der Waals surface area (Å²) in [5, 5.41) is 3.38. The first-order valence-electron chi connectivity index (χ1n) is 12.3. The van der Waals surface area contributed by atoms with Gasteiger partial charge in [0.05, 0.1) is 30.8 Å². The third-order valence-electron chi connectivity index (χ3n) is 7.43. The van der Waals surface area contributed by atoms with E-state index in [1.54, 1.807) is 0 Å². The number of halogens is 1. The van der Waals surface area contributed by atoms with E-state index in [0.717, 1.165) is 42.6 Å². The van der Waals surface area contributed by atoms with Crippen molar-refractivity contribution in [2.45, 2.75) is 51.1 Å². The van der Waals surface area contributed by atoms with E-state index in [9.17, 15) is 9.59 Å². The fourth-order valence-electron chi connectivity index (χ4n) is 5.57. The van der Waals surface area contributed by atoms with E-state index in [1.165, 1.54) is 44.6 Å². The number of fused-ring (bicyclic) bond motifs is 1. The Morgan fingerprint density at radius 2 is 1.80 bits per heavy atom. The van der Waals surface area contributed by atoms with E-state index in [-0.39, 0.29) is 12.3 Å². The van der Waals surface area contributed by atoms with Gasteiger partial charge < -0.3 is 14.5 Å². The average Bonchev–Trinajstić information content (AvgIpc) is 3.54. The van der Waals surface area contributed by atoms with Crippen LogP contribution in [0.3, 0.4) is 0 Å². The summed E-state index contributed by atoms with van der Waals surface area (Å²) in [5.41, 5.74) is 2.85. The van der Waals surface area contributed by atoms with Gasteiger partial charge in [-0.3, -0.25) is 9.69 Å². The summed E-state index contributed by atoms with van der Waals surface area (Å²) in [6, 6.07) is 7.72. The number of aliphatic imine (C=N–C) groups is 1. The normalized spacial score (nSPS) is 23.3. The highest BCUT2D eigenvalue weighted by molar-refractivity contribution is 8.16. The van der Waals surface area contributed by atoms with Crippen LogP contribution in [0.1, 0.15) is 50.6 Å². The van der Waals surface area contributed by atoms with Gasteiger partial charge in [0.2, 0.25) is 5.91 Å². The van der Waals surface area contributed by atoms with Crippen LogP contribution in [0.2, 0.25) is 5.02 Å². The van der Waals surface area contributed by atoms with Crippen molar-refractivity contribution in [1.82, 2.24) is 14.7 Å². The molecule has 0 spiro atoms. The van der Waals surface area contributed by atoms with Crippen molar-refractivity contribution in [1.29, 1.82) is 0 Å². The van der Waals surface area contributed by atoms with Crippen molar-refractivity contribution in [2.24, 2.45) is 4.99 Å². The molecule has 0 unspecified atom stereocenters. The van der Waals surface area contributed by atoms with Crippen molar-refractivity contribution in [2.75, 3.05) is 33.3 Å². The van der Waals surface area contributed by atoms with Crippen molar-refractivity contribution < 1.29 is 14.3 Å². The molecule has 186 valence electrons. The largest absolute Gasteiger partial charge is 0.466 e. The van der Waals surface area contributed by atoms with Gasteiger partial charge in [-0.2, -0.15) is 0 Å². The van der Waals surface area contributed by atoms with Gasteiger partial charge in [0.15, 0.2) is 5.17 Å². The maximum Gasteiger partial charge on any atom is 0.338 e. The molecule has 0 aromatic heterocycles. The molecule has 3 aliphatic heterocycles. The molecule has 1 saturated carbocycles. The molecule has 1 aromatic carbocycles. The minimum absolute atomic E-state index is 0.116. The second-order valence-corrected chi connectivity index (χ2v) is 10.7. The maximum atomic E-state index is 13.3. The fourth-order valence-corrected chi connectivity index (χ4v) is 6.66. The number of benzene rings is 1. The number of amides is 1. The quantitative estimate of drug-likeness (QED) is 0.536. The molecule has 9 heteroatoms. The Hall–Kier alpha value is -2.29. The third kappa shape index (κ3) is 4.88. The number of thioether (sulfide) groups is 1. The SMILES string of the molecule is COC(=O)C1=C(C)N=C2SC=C(CC(=O)N3CCN(C4CCCC4)CC3)N2[C@H]1c1ccc(Cl)cc1. The van der Waals surface area contributed by atoms with Crippen molar-refractivity contribution in [3.8, 4) is 0 Å². The molecule has 4 aliphatic rings. The molecule has 1 amide bonds. The molecule has 1 atom stereocenters. The first-order chi connectivity index (χ1) is 17.0. The van der Waals surface area contributed by atoms with E-state index >= 15 is 0 Å². The predicted molar refractivity (Wildman–Crippen MR) is 139 cm³/mol. The highest BCUT2D eigenvalue weighted by Gasteiger charge is 2.41. The number of nitrogens with zero attached hydrogens (tertiary/aromatic N) is 4. The molecule has 0 N–H and O–H groups in total. The Morgan fingerprint density at radius 1 is 1.11 bits per heavy atom. The lowest BCUT2D eigenvalue weighted by Gasteiger charge is -2.39. The van der Waals surface area contributed by atoms with Gasteiger partial charge in [0, 0.05) is 42.9 Å². The summed E-state index contributed by atoms with van der Waals surface area (Å²) in [5.74, 6) is -0.305. The number of allylic oxidation sites excluding steroid dienone is 1. The second-order valence-electron chi connectivity index (χ2n) is 9.47. The number of esters is 1. The third-order valence-corrected chi connectivity index (χ3v) is 8.57. The van der Waals surface area contributed by atoms with Crippen LogP contribution in [0.15, 0.2) is 51.6 Å². The summed E-state index contributed by atoms with van der Waals surface area (Å²) >= 11 is 7.63. The topological polar surface area (TPSA) is 65.5 Å². The molecule has 1 aromatic rings. The Labute approximate surface area is 215 Å². The van der Waals surface area contributed by atoms with E-state index < -0.39 is 12.0 Å². The fraction of sp³-hybridized carbons (Fsp3) is 0.500. The van der Waals surface area contributed by atoms with Gasteiger partial charge >= 0.3 is 5.97 Å². The van der Waals surface area contributed by atoms with Crippen LogP contribution in [0.4, 0.5) is 0 Å². The molecule has 35 heavy (non-hydrogen) atoms. The smallest absolute Gasteiger partial charge is 0.338 e. The number of amidine groups is 1. The second kappa shape index (κ2) is 10.4. The summed E-state index contributed by atoms with van der Waals surface area (Å²) < 4.78 is 5.12. The van der Waals surface area contributed by atoms with Crippen molar-refractivity contribution >= 4 is 40.4 Å². The number of hydrogen-bond donors (Lipinski definition) is 0. The summed E-state index contributed by atoms with van der Waals surface area (Å²) in [6.07, 6.45) is 5.50. The van der Waals surface area contributed by atoms with Crippen LogP contribution in [-0.4, -0.2) is 71.1 Å². The molecule has 1 saturated heterocycles. The molecule has 7 nitrogen and oxygen atoms in total. The number of ether oxygens (including phenoxy) is 1. The van der Waals surface area contributed by atoms with E-state index in [1.807, 2.05) is 46.4 Å². The van der Waals surface area contributed by atoms with Gasteiger partial charge in [-0.25, -0.2) is 9.79 Å². The highest BCUT2D eigenvalue weighted by Crippen LogP contribution is 2.45. The lowest BCUT2D eigenvalue weighted by atomic mass is 9.94. The molecule has 2 fully saturated rings. The zero-order chi connectivity index (χ0) is 24.5. The minimum atomic E-state index is -0.430. The number of carbonyl (C=O) groups is 2. The van der Waals surface area contributed by atoms with Gasteiger partial charge in [-0.05, 0) is 42.9 Å². The van der Waals surface area contributed by atoms with Crippen molar-refractivity contribution in [3.63, 3.8) is 0 Å². The van der Waals surface area contributed by atoms with E-state index in [2.05, 4.69) is 9.89 Å². The van der Waals surface area contributed by atoms with Gasteiger partial charge in [0.25, 0.3) is 0 Å². The van der Waals surface area contributed by atoms with Gasteiger partial charge in [-0.1, -0.05) is 48.3 Å². The summed E-state index contributed by atoms with van der Waals surface area (Å²) in [7, 11) is 1.38. The first kappa shape index (κ1) is 24.4. The summed E-state index contributed by atoms with van der Waals surface area (Å²) in [4.78, 5) is 37.4. The zero-order valence-corrected chi connectivity index (χ0v) is 21.8. The minimum Gasteiger partial charge on any atom is -0.466 e. The molecule has 5 rings (SSSR count). The van der Waals surface area contributed by atoms with Gasteiger partial charge in [0.1, 0.15) is 0 Å².